The fourth-order valence-electron chi connectivity index (χ4n) is 2.90. The van der Waals surface area contributed by atoms with Crippen LogP contribution in [0.25, 0.3) is 27.8 Å². The normalized spacial score (nSPS) is 11.6. The molecule has 0 aliphatic carbocycles. The Hall–Kier alpha value is -3.39. The molecule has 2 heterocycles. The summed E-state index contributed by atoms with van der Waals surface area (Å²) in [6, 6.07) is 14.9. The summed E-state index contributed by atoms with van der Waals surface area (Å²) in [4.78, 5) is 17.3. The average Bonchev–Trinajstić information content (AvgIpc) is 2.69. The van der Waals surface area contributed by atoms with Gasteiger partial charge in [0.25, 0.3) is 5.56 Å². The molecule has 28 heavy (non-hydrogen) atoms. The lowest BCUT2D eigenvalue weighted by Crippen LogP contribution is -2.22. The molecule has 0 aliphatic heterocycles. The number of nitrogens with zero attached hydrogens (tertiary/aromatic N) is 3. The zero-order valence-electron chi connectivity index (χ0n) is 14.7. The van der Waals surface area contributed by atoms with Gasteiger partial charge in [-0.25, -0.2) is 12.8 Å². The number of hydrogen-bond acceptors (Lipinski definition) is 5. The lowest BCUT2D eigenvalue weighted by molar-refractivity contribution is 0.602. The van der Waals surface area contributed by atoms with Crippen LogP contribution in [0.3, 0.4) is 0 Å². The van der Waals surface area contributed by atoms with Gasteiger partial charge in [0, 0.05) is 18.0 Å². The molecule has 2 aromatic carbocycles. The van der Waals surface area contributed by atoms with Crippen molar-refractivity contribution in [1.82, 2.24) is 14.8 Å². The maximum Gasteiger partial charge on any atom is 0.280 e. The number of benzene rings is 2. The van der Waals surface area contributed by atoms with Gasteiger partial charge in [0.05, 0.1) is 16.0 Å². The third-order valence-electron chi connectivity index (χ3n) is 4.26. The van der Waals surface area contributed by atoms with Crippen molar-refractivity contribution in [3.63, 3.8) is 0 Å². The van der Waals surface area contributed by atoms with Gasteiger partial charge in [-0.05, 0) is 48.5 Å². The zero-order chi connectivity index (χ0) is 19.9. The molecule has 0 saturated carbocycles. The molecule has 0 aliphatic rings. The van der Waals surface area contributed by atoms with Gasteiger partial charge in [0.2, 0.25) is 0 Å². The van der Waals surface area contributed by atoms with Gasteiger partial charge in [0.15, 0.2) is 9.84 Å². The highest BCUT2D eigenvalue weighted by atomic mass is 32.2. The minimum atomic E-state index is -3.42. The average molecular weight is 395 g/mol. The Bertz CT molecular complexity index is 1360. The topological polar surface area (TPSA) is 81.9 Å². The van der Waals surface area contributed by atoms with E-state index >= 15 is 0 Å². The van der Waals surface area contributed by atoms with Crippen LogP contribution in [0.5, 0.6) is 0 Å². The summed E-state index contributed by atoms with van der Waals surface area (Å²) in [6.45, 7) is 0. The van der Waals surface area contributed by atoms with Gasteiger partial charge in [-0.2, -0.15) is 9.78 Å². The molecule has 0 saturated heterocycles. The molecule has 4 rings (SSSR count). The molecule has 0 atom stereocenters. The van der Waals surface area contributed by atoms with Gasteiger partial charge < -0.3 is 0 Å². The largest absolute Gasteiger partial charge is 0.280 e. The smallest absolute Gasteiger partial charge is 0.267 e. The Morgan fingerprint density at radius 1 is 1.00 bits per heavy atom. The maximum atomic E-state index is 13.3. The lowest BCUT2D eigenvalue weighted by atomic mass is 10.1. The third-order valence-corrected chi connectivity index (χ3v) is 5.37. The van der Waals surface area contributed by atoms with Gasteiger partial charge in [-0.1, -0.05) is 12.1 Å². The summed E-state index contributed by atoms with van der Waals surface area (Å²) < 4.78 is 38.3. The third kappa shape index (κ3) is 3.18. The summed E-state index contributed by atoms with van der Waals surface area (Å²) >= 11 is 0. The van der Waals surface area contributed by atoms with E-state index in [1.165, 1.54) is 42.6 Å². The van der Waals surface area contributed by atoms with Crippen LogP contribution in [0, 0.1) is 5.82 Å². The molecule has 0 fully saturated rings. The zero-order valence-corrected chi connectivity index (χ0v) is 15.5. The van der Waals surface area contributed by atoms with Crippen molar-refractivity contribution < 1.29 is 12.8 Å². The van der Waals surface area contributed by atoms with Gasteiger partial charge in [-0.15, -0.1) is 0 Å². The van der Waals surface area contributed by atoms with Crippen LogP contribution in [-0.4, -0.2) is 29.4 Å². The molecule has 0 radical (unpaired) electrons. The lowest BCUT2D eigenvalue weighted by Gasteiger charge is -2.11. The van der Waals surface area contributed by atoms with Gasteiger partial charge in [0.1, 0.15) is 17.0 Å². The van der Waals surface area contributed by atoms with Gasteiger partial charge >= 0.3 is 0 Å². The second kappa shape index (κ2) is 6.65. The Morgan fingerprint density at radius 2 is 1.75 bits per heavy atom. The summed E-state index contributed by atoms with van der Waals surface area (Å²) in [5.41, 5.74) is 1.19. The van der Waals surface area contributed by atoms with Crippen molar-refractivity contribution in [2.75, 3.05) is 6.26 Å². The molecule has 2 aromatic heterocycles. The van der Waals surface area contributed by atoms with E-state index < -0.39 is 21.2 Å². The maximum absolute atomic E-state index is 13.3. The van der Waals surface area contributed by atoms with E-state index in [1.807, 2.05) is 0 Å². The van der Waals surface area contributed by atoms with E-state index in [4.69, 9.17) is 0 Å². The van der Waals surface area contributed by atoms with Crippen LogP contribution in [0.15, 0.2) is 76.6 Å². The van der Waals surface area contributed by atoms with E-state index in [9.17, 15) is 17.6 Å². The summed E-state index contributed by atoms with van der Waals surface area (Å²) in [5.74, 6) is -0.430. The fraction of sp³-hybridized carbons (Fsp3) is 0.0500. The second-order valence-corrected chi connectivity index (χ2v) is 8.26. The first-order valence-corrected chi connectivity index (χ1v) is 10.2. The number of fused-ring (bicyclic) bond motifs is 1. The number of pyridine rings is 1. The van der Waals surface area contributed by atoms with Crippen LogP contribution in [-0.2, 0) is 9.84 Å². The standard InChI is InChI=1S/C20H14FN3O3S/c1-28(26,27)16-5-2-4-13(12-16)18-19-17(6-3-11-22-19)20(25)24(23-18)15-9-7-14(21)8-10-15/h2-12H,1H3. The quantitative estimate of drug-likeness (QED) is 0.533. The van der Waals surface area contributed by atoms with Crippen LogP contribution in [0.1, 0.15) is 0 Å². The fourth-order valence-corrected chi connectivity index (χ4v) is 3.57. The number of hydrogen-bond donors (Lipinski definition) is 0. The minimum Gasteiger partial charge on any atom is -0.267 e. The summed E-state index contributed by atoms with van der Waals surface area (Å²) in [7, 11) is -3.42. The first kappa shape index (κ1) is 18.0. The highest BCUT2D eigenvalue weighted by Crippen LogP contribution is 2.26. The first-order chi connectivity index (χ1) is 13.3. The molecule has 8 heteroatoms. The molecule has 0 amide bonds. The molecule has 140 valence electrons. The van der Waals surface area contributed by atoms with Crippen LogP contribution in [0.2, 0.25) is 0 Å². The monoisotopic (exact) mass is 395 g/mol. The molecule has 0 N–H and O–H groups in total. The second-order valence-electron chi connectivity index (χ2n) is 6.24. The van der Waals surface area contributed by atoms with E-state index in [-0.39, 0.29) is 4.90 Å². The SMILES string of the molecule is CS(=O)(=O)c1cccc(-c2nn(-c3ccc(F)cc3)c(=O)c3cccnc23)c1. The van der Waals surface area contributed by atoms with E-state index in [1.54, 1.807) is 24.3 Å². The Kier molecular flexibility index (Phi) is 4.27. The molecule has 0 bridgehead atoms. The van der Waals surface area contributed by atoms with E-state index in [0.717, 1.165) is 10.9 Å². The minimum absolute atomic E-state index is 0.135. The number of sulfone groups is 1. The van der Waals surface area contributed by atoms with Crippen LogP contribution < -0.4 is 5.56 Å². The van der Waals surface area contributed by atoms with Crippen LogP contribution in [0.4, 0.5) is 4.39 Å². The first-order valence-electron chi connectivity index (χ1n) is 8.29. The summed E-state index contributed by atoms with van der Waals surface area (Å²) in [6.07, 6.45) is 2.66. The van der Waals surface area contributed by atoms with E-state index in [0.29, 0.717) is 27.8 Å². The predicted molar refractivity (Wildman–Crippen MR) is 104 cm³/mol. The van der Waals surface area contributed by atoms with Crippen molar-refractivity contribution in [1.29, 1.82) is 0 Å². The molecule has 4 aromatic rings. The van der Waals surface area contributed by atoms with Gasteiger partial charge in [-0.3, -0.25) is 9.78 Å². The predicted octanol–water partition coefficient (Wildman–Crippen LogP) is 2.99. The Labute approximate surface area is 159 Å². The van der Waals surface area contributed by atoms with Crippen molar-refractivity contribution in [3.8, 4) is 16.9 Å². The summed E-state index contributed by atoms with van der Waals surface area (Å²) in [5, 5.41) is 4.74. The molecular formula is C20H14FN3O3S. The highest BCUT2D eigenvalue weighted by Gasteiger charge is 2.16. The highest BCUT2D eigenvalue weighted by molar-refractivity contribution is 7.90. The van der Waals surface area contributed by atoms with Crippen molar-refractivity contribution in [3.05, 3.63) is 83.0 Å². The Balaban J connectivity index is 2.05. The molecule has 6 nitrogen and oxygen atoms in total. The van der Waals surface area contributed by atoms with E-state index in [2.05, 4.69) is 10.1 Å². The van der Waals surface area contributed by atoms with Crippen molar-refractivity contribution in [2.24, 2.45) is 0 Å². The molecular weight excluding hydrogens is 381 g/mol. The number of rotatable bonds is 3. The number of aromatic nitrogens is 3. The molecule has 0 spiro atoms. The number of halogens is 1. The Morgan fingerprint density at radius 3 is 2.46 bits per heavy atom. The van der Waals surface area contributed by atoms with Crippen molar-refractivity contribution >= 4 is 20.7 Å². The van der Waals surface area contributed by atoms with Crippen LogP contribution >= 0.6 is 0 Å². The van der Waals surface area contributed by atoms with Crippen molar-refractivity contribution in [2.45, 2.75) is 4.90 Å². The molecule has 0 unspecified atom stereocenters.